The van der Waals surface area contributed by atoms with Gasteiger partial charge >= 0.3 is 0 Å². The molecule has 0 amide bonds. The molecule has 90 valence electrons. The summed E-state index contributed by atoms with van der Waals surface area (Å²) in [5, 5.41) is 23.1. The van der Waals surface area contributed by atoms with Crippen LogP contribution in [0.4, 0.5) is 0 Å². The predicted octanol–water partition coefficient (Wildman–Crippen LogP) is 1.65. The Morgan fingerprint density at radius 2 is 2.06 bits per heavy atom. The second-order valence-corrected chi connectivity index (χ2v) is 4.34. The summed E-state index contributed by atoms with van der Waals surface area (Å²) >= 11 is 5.98. The summed E-state index contributed by atoms with van der Waals surface area (Å²) in [6, 6.07) is 5.41. The minimum Gasteiger partial charge on any atom is -0.390 e. The summed E-state index contributed by atoms with van der Waals surface area (Å²) in [6.07, 6.45) is -1.24. The Balaban J connectivity index is 2.78. The van der Waals surface area contributed by atoms with Crippen molar-refractivity contribution >= 4 is 11.6 Å². The van der Waals surface area contributed by atoms with Gasteiger partial charge < -0.3 is 15.5 Å². The zero-order valence-electron chi connectivity index (χ0n) is 9.57. The van der Waals surface area contributed by atoms with Gasteiger partial charge in [0.15, 0.2) is 0 Å². The largest absolute Gasteiger partial charge is 0.390 e. The van der Waals surface area contributed by atoms with Gasteiger partial charge in [-0.1, -0.05) is 29.3 Å². The minimum absolute atomic E-state index is 0.488. The van der Waals surface area contributed by atoms with E-state index < -0.39 is 12.2 Å². The number of aliphatic hydroxyl groups excluding tert-OH is 2. The maximum Gasteiger partial charge on any atom is 0.106 e. The lowest BCUT2D eigenvalue weighted by atomic mass is 10.0. The zero-order valence-corrected chi connectivity index (χ0v) is 10.3. The van der Waals surface area contributed by atoms with Crippen LogP contribution < -0.4 is 5.32 Å². The smallest absolute Gasteiger partial charge is 0.106 e. The third kappa shape index (κ3) is 3.46. The molecular formula is C12H18ClNO2. The number of hydrogen-bond donors (Lipinski definition) is 3. The van der Waals surface area contributed by atoms with Crippen molar-refractivity contribution in [3.05, 3.63) is 34.3 Å². The number of hydrogen-bond acceptors (Lipinski definition) is 3. The van der Waals surface area contributed by atoms with Crippen LogP contribution >= 0.6 is 11.6 Å². The summed E-state index contributed by atoms with van der Waals surface area (Å²) in [5.74, 6) is 0. The SMILES string of the molecule is CNCCC(O)C(O)c1cc(C)ccc1Cl. The average molecular weight is 244 g/mol. The first-order valence-corrected chi connectivity index (χ1v) is 5.71. The van der Waals surface area contributed by atoms with Crippen molar-refractivity contribution in [1.82, 2.24) is 5.32 Å². The van der Waals surface area contributed by atoms with Crippen LogP contribution in [0.25, 0.3) is 0 Å². The predicted molar refractivity (Wildman–Crippen MR) is 65.7 cm³/mol. The van der Waals surface area contributed by atoms with Gasteiger partial charge in [-0.25, -0.2) is 0 Å². The van der Waals surface area contributed by atoms with Gasteiger partial charge in [0.2, 0.25) is 0 Å². The highest BCUT2D eigenvalue weighted by atomic mass is 35.5. The molecule has 3 N–H and O–H groups in total. The number of aryl methyl sites for hydroxylation is 1. The minimum atomic E-state index is -0.930. The van der Waals surface area contributed by atoms with Crippen molar-refractivity contribution < 1.29 is 10.2 Å². The van der Waals surface area contributed by atoms with Crippen molar-refractivity contribution in [3.63, 3.8) is 0 Å². The highest BCUT2D eigenvalue weighted by Crippen LogP contribution is 2.27. The summed E-state index contributed by atoms with van der Waals surface area (Å²) in [7, 11) is 1.80. The molecule has 0 radical (unpaired) electrons. The van der Waals surface area contributed by atoms with Gasteiger partial charge in [0.1, 0.15) is 6.10 Å². The molecule has 1 rings (SSSR count). The molecule has 0 saturated carbocycles. The third-order valence-electron chi connectivity index (χ3n) is 2.52. The topological polar surface area (TPSA) is 52.5 Å². The molecule has 2 unspecified atom stereocenters. The molecule has 4 heteroatoms. The van der Waals surface area contributed by atoms with E-state index in [-0.39, 0.29) is 0 Å². The van der Waals surface area contributed by atoms with Gasteiger partial charge in [-0.3, -0.25) is 0 Å². The van der Waals surface area contributed by atoms with E-state index in [1.807, 2.05) is 13.0 Å². The highest BCUT2D eigenvalue weighted by Gasteiger charge is 2.20. The Morgan fingerprint density at radius 3 is 2.69 bits per heavy atom. The van der Waals surface area contributed by atoms with Crippen molar-refractivity contribution in [3.8, 4) is 0 Å². The normalized spacial score (nSPS) is 14.8. The quantitative estimate of drug-likeness (QED) is 0.737. The molecule has 0 bridgehead atoms. The Hall–Kier alpha value is -0.610. The lowest BCUT2D eigenvalue weighted by Crippen LogP contribution is -2.23. The maximum absolute atomic E-state index is 9.96. The first-order valence-electron chi connectivity index (χ1n) is 5.33. The molecule has 2 atom stereocenters. The third-order valence-corrected chi connectivity index (χ3v) is 2.87. The number of rotatable bonds is 5. The molecule has 16 heavy (non-hydrogen) atoms. The van der Waals surface area contributed by atoms with Crippen molar-refractivity contribution in [2.24, 2.45) is 0 Å². The Labute approximate surface area is 101 Å². The van der Waals surface area contributed by atoms with Gasteiger partial charge in [0, 0.05) is 10.6 Å². The van der Waals surface area contributed by atoms with Crippen LogP contribution in [0.1, 0.15) is 23.7 Å². The highest BCUT2D eigenvalue weighted by molar-refractivity contribution is 6.31. The molecule has 0 saturated heterocycles. The number of nitrogens with one attached hydrogen (secondary N) is 1. The van der Waals surface area contributed by atoms with Crippen LogP contribution in [0.2, 0.25) is 5.02 Å². The lowest BCUT2D eigenvalue weighted by Gasteiger charge is -2.19. The van der Waals surface area contributed by atoms with Crippen LogP contribution in [0.5, 0.6) is 0 Å². The molecule has 1 aromatic carbocycles. The van der Waals surface area contributed by atoms with E-state index in [1.54, 1.807) is 19.2 Å². The van der Waals surface area contributed by atoms with E-state index in [0.29, 0.717) is 23.6 Å². The number of aliphatic hydroxyl groups is 2. The van der Waals surface area contributed by atoms with Crippen molar-refractivity contribution in [1.29, 1.82) is 0 Å². The van der Waals surface area contributed by atoms with Crippen LogP contribution in [-0.4, -0.2) is 29.9 Å². The van der Waals surface area contributed by atoms with E-state index >= 15 is 0 Å². The first kappa shape index (κ1) is 13.5. The second kappa shape index (κ2) is 6.21. The lowest BCUT2D eigenvalue weighted by molar-refractivity contribution is 0.0140. The average Bonchev–Trinajstić information content (AvgIpc) is 2.28. The first-order chi connectivity index (χ1) is 7.56. The molecule has 3 nitrogen and oxygen atoms in total. The Bertz CT molecular complexity index is 344. The summed E-state index contributed by atoms with van der Waals surface area (Å²) in [5.41, 5.74) is 1.60. The molecular weight excluding hydrogens is 226 g/mol. The summed E-state index contributed by atoms with van der Waals surface area (Å²) in [6.45, 7) is 2.58. The standard InChI is InChI=1S/C12H18ClNO2/c1-8-3-4-10(13)9(7-8)12(16)11(15)5-6-14-2/h3-4,7,11-12,14-16H,5-6H2,1-2H3. The molecule has 0 spiro atoms. The Kier molecular flexibility index (Phi) is 5.22. The maximum atomic E-state index is 9.96. The van der Waals surface area contributed by atoms with Gasteiger partial charge in [-0.2, -0.15) is 0 Å². The molecule has 0 aliphatic carbocycles. The van der Waals surface area contributed by atoms with Gasteiger partial charge in [0.25, 0.3) is 0 Å². The van der Waals surface area contributed by atoms with E-state index in [0.717, 1.165) is 5.56 Å². The molecule has 0 aromatic heterocycles. The summed E-state index contributed by atoms with van der Waals surface area (Å²) < 4.78 is 0. The zero-order chi connectivity index (χ0) is 12.1. The van der Waals surface area contributed by atoms with E-state index in [9.17, 15) is 10.2 Å². The number of halogens is 1. The van der Waals surface area contributed by atoms with Crippen LogP contribution in [0.15, 0.2) is 18.2 Å². The number of benzene rings is 1. The Morgan fingerprint density at radius 1 is 1.38 bits per heavy atom. The fourth-order valence-corrected chi connectivity index (χ4v) is 1.78. The van der Waals surface area contributed by atoms with E-state index in [2.05, 4.69) is 5.32 Å². The fourth-order valence-electron chi connectivity index (χ4n) is 1.55. The molecule has 0 aliphatic heterocycles. The van der Waals surface area contributed by atoms with Crippen molar-refractivity contribution in [2.45, 2.75) is 25.6 Å². The molecule has 0 fully saturated rings. The fraction of sp³-hybridized carbons (Fsp3) is 0.500. The van der Waals surface area contributed by atoms with Gasteiger partial charge in [-0.05, 0) is 33.0 Å². The van der Waals surface area contributed by atoms with Gasteiger partial charge in [0.05, 0.1) is 6.10 Å². The van der Waals surface area contributed by atoms with Gasteiger partial charge in [-0.15, -0.1) is 0 Å². The molecule has 0 heterocycles. The van der Waals surface area contributed by atoms with Crippen LogP contribution in [-0.2, 0) is 0 Å². The van der Waals surface area contributed by atoms with Crippen molar-refractivity contribution in [2.75, 3.05) is 13.6 Å². The van der Waals surface area contributed by atoms with E-state index in [4.69, 9.17) is 11.6 Å². The van der Waals surface area contributed by atoms with Crippen LogP contribution in [0.3, 0.4) is 0 Å². The monoisotopic (exact) mass is 243 g/mol. The van der Waals surface area contributed by atoms with E-state index in [1.165, 1.54) is 0 Å². The summed E-state index contributed by atoms with van der Waals surface area (Å²) in [4.78, 5) is 0. The molecule has 0 aliphatic rings. The van der Waals surface area contributed by atoms with Crippen LogP contribution in [0, 0.1) is 6.92 Å². The molecule has 1 aromatic rings. The second-order valence-electron chi connectivity index (χ2n) is 3.93.